The molecule has 0 radical (unpaired) electrons. The number of phenols is 3. The van der Waals surface area contributed by atoms with E-state index >= 15 is 0 Å². The molecule has 4 nitrogen and oxygen atoms in total. The van der Waals surface area contributed by atoms with E-state index in [1.54, 1.807) is 0 Å². The molecule has 2 rings (SSSR count). The Kier molecular flexibility index (Phi) is 6.49. The Morgan fingerprint density at radius 1 is 0.680 bits per heavy atom. The standard InChI is InChI=1S/C15H24O2.C6H6O2/c1-14(2,3)11-7-10(9-16)8-12(13(11)17)15(4,5)6;7-5-1-2-6(8)4-3-5/h7-8,16-17H,9H2,1-6H3;1-4,7-8H. The molecular formula is C21H30O4. The number of benzene rings is 2. The number of aliphatic hydroxyl groups excluding tert-OH is 1. The highest BCUT2D eigenvalue weighted by Gasteiger charge is 2.26. The summed E-state index contributed by atoms with van der Waals surface area (Å²) in [4.78, 5) is 0. The van der Waals surface area contributed by atoms with E-state index in [0.717, 1.165) is 16.7 Å². The van der Waals surface area contributed by atoms with Crippen LogP contribution in [0.15, 0.2) is 36.4 Å². The first-order valence-electron chi connectivity index (χ1n) is 8.32. The Balaban J connectivity index is 0.000000324. The van der Waals surface area contributed by atoms with Gasteiger partial charge in [0.1, 0.15) is 17.2 Å². The van der Waals surface area contributed by atoms with Crippen LogP contribution in [0.4, 0.5) is 0 Å². The van der Waals surface area contributed by atoms with Gasteiger partial charge in [-0.25, -0.2) is 0 Å². The molecule has 0 aliphatic carbocycles. The molecule has 0 unspecified atom stereocenters. The van der Waals surface area contributed by atoms with Crippen molar-refractivity contribution in [1.82, 2.24) is 0 Å². The monoisotopic (exact) mass is 346 g/mol. The molecule has 2 aromatic carbocycles. The lowest BCUT2D eigenvalue weighted by molar-refractivity contribution is 0.281. The maximum absolute atomic E-state index is 10.4. The van der Waals surface area contributed by atoms with E-state index in [2.05, 4.69) is 41.5 Å². The zero-order valence-corrected chi connectivity index (χ0v) is 16.0. The summed E-state index contributed by atoms with van der Waals surface area (Å²) >= 11 is 0. The largest absolute Gasteiger partial charge is 0.508 e. The summed E-state index contributed by atoms with van der Waals surface area (Å²) in [6.45, 7) is 12.4. The Labute approximate surface area is 150 Å². The Morgan fingerprint density at radius 2 is 1.00 bits per heavy atom. The van der Waals surface area contributed by atoms with E-state index in [4.69, 9.17) is 10.2 Å². The second kappa shape index (κ2) is 7.79. The van der Waals surface area contributed by atoms with Gasteiger partial charge in [0, 0.05) is 0 Å². The average Bonchev–Trinajstić information content (AvgIpc) is 2.49. The zero-order chi connectivity index (χ0) is 19.4. The van der Waals surface area contributed by atoms with Crippen LogP contribution in [0.25, 0.3) is 0 Å². The summed E-state index contributed by atoms with van der Waals surface area (Å²) in [6, 6.07) is 9.49. The van der Waals surface area contributed by atoms with Gasteiger partial charge in [-0.1, -0.05) is 41.5 Å². The molecule has 0 atom stereocenters. The normalized spacial score (nSPS) is 11.6. The maximum Gasteiger partial charge on any atom is 0.123 e. The van der Waals surface area contributed by atoms with Gasteiger partial charge >= 0.3 is 0 Å². The second-order valence-electron chi connectivity index (χ2n) is 8.21. The minimum absolute atomic E-state index is 0.00639. The predicted octanol–water partition coefficient (Wildman–Crippen LogP) is 4.58. The average molecular weight is 346 g/mol. The highest BCUT2D eigenvalue weighted by molar-refractivity contribution is 5.49. The van der Waals surface area contributed by atoms with E-state index in [9.17, 15) is 10.2 Å². The van der Waals surface area contributed by atoms with Crippen LogP contribution in [0.5, 0.6) is 17.2 Å². The molecule has 0 saturated heterocycles. The van der Waals surface area contributed by atoms with E-state index < -0.39 is 0 Å². The van der Waals surface area contributed by atoms with Gasteiger partial charge in [0.2, 0.25) is 0 Å². The zero-order valence-electron chi connectivity index (χ0n) is 16.0. The van der Waals surface area contributed by atoms with Gasteiger partial charge in [0.25, 0.3) is 0 Å². The van der Waals surface area contributed by atoms with Gasteiger partial charge in [-0.15, -0.1) is 0 Å². The number of aliphatic hydroxyl groups is 1. The van der Waals surface area contributed by atoms with Crippen molar-refractivity contribution in [3.8, 4) is 17.2 Å². The summed E-state index contributed by atoms with van der Waals surface area (Å²) in [5, 5.41) is 37.0. The van der Waals surface area contributed by atoms with Gasteiger partial charge in [-0.05, 0) is 63.9 Å². The van der Waals surface area contributed by atoms with Gasteiger partial charge in [0.15, 0.2) is 0 Å². The predicted molar refractivity (Wildman–Crippen MR) is 101 cm³/mol. The quantitative estimate of drug-likeness (QED) is 0.570. The number of rotatable bonds is 1. The SMILES string of the molecule is CC(C)(C)c1cc(CO)cc(C(C)(C)C)c1O.Oc1ccc(O)cc1. The first-order valence-corrected chi connectivity index (χ1v) is 8.32. The highest BCUT2D eigenvalue weighted by atomic mass is 16.3. The van der Waals surface area contributed by atoms with Crippen LogP contribution in [-0.4, -0.2) is 20.4 Å². The van der Waals surface area contributed by atoms with Gasteiger partial charge < -0.3 is 20.4 Å². The van der Waals surface area contributed by atoms with E-state index in [-0.39, 0.29) is 28.9 Å². The molecule has 0 fully saturated rings. The van der Waals surface area contributed by atoms with Gasteiger partial charge in [-0.2, -0.15) is 0 Å². The van der Waals surface area contributed by atoms with Crippen molar-refractivity contribution in [3.63, 3.8) is 0 Å². The van der Waals surface area contributed by atoms with E-state index in [0.29, 0.717) is 5.75 Å². The van der Waals surface area contributed by atoms with Gasteiger partial charge in [-0.3, -0.25) is 0 Å². The smallest absolute Gasteiger partial charge is 0.123 e. The number of phenolic OH excluding ortho intramolecular Hbond substituents is 3. The van der Waals surface area contributed by atoms with Crippen LogP contribution in [0, 0.1) is 0 Å². The molecule has 4 heteroatoms. The molecule has 138 valence electrons. The maximum atomic E-state index is 10.4. The molecule has 0 aliphatic heterocycles. The summed E-state index contributed by atoms with van der Waals surface area (Å²) in [5.74, 6) is 0.702. The summed E-state index contributed by atoms with van der Waals surface area (Å²) in [6.07, 6.45) is 0. The van der Waals surface area contributed by atoms with Crippen molar-refractivity contribution in [2.45, 2.75) is 59.0 Å². The summed E-state index contributed by atoms with van der Waals surface area (Å²) in [7, 11) is 0. The third-order valence-electron chi connectivity index (χ3n) is 3.82. The fraction of sp³-hybridized carbons (Fsp3) is 0.429. The molecule has 0 heterocycles. The van der Waals surface area contributed by atoms with Crippen LogP contribution >= 0.6 is 0 Å². The number of hydrogen-bond acceptors (Lipinski definition) is 4. The van der Waals surface area contributed by atoms with Crippen molar-refractivity contribution < 1.29 is 20.4 Å². The molecule has 0 spiro atoms. The summed E-state index contributed by atoms with van der Waals surface area (Å²) in [5.41, 5.74) is 2.39. The summed E-state index contributed by atoms with van der Waals surface area (Å²) < 4.78 is 0. The second-order valence-corrected chi connectivity index (χ2v) is 8.21. The van der Waals surface area contributed by atoms with E-state index in [1.807, 2.05) is 12.1 Å². The highest BCUT2D eigenvalue weighted by Crippen LogP contribution is 2.39. The Hall–Kier alpha value is -2.20. The number of aromatic hydroxyl groups is 3. The first-order chi connectivity index (χ1) is 11.4. The fourth-order valence-corrected chi connectivity index (χ4v) is 2.38. The lowest BCUT2D eigenvalue weighted by Gasteiger charge is -2.28. The minimum atomic E-state index is -0.130. The van der Waals surface area contributed by atoms with Crippen molar-refractivity contribution in [3.05, 3.63) is 53.1 Å². The molecule has 0 aromatic heterocycles. The third kappa shape index (κ3) is 5.98. The Morgan fingerprint density at radius 3 is 1.24 bits per heavy atom. The van der Waals surface area contributed by atoms with E-state index in [1.165, 1.54) is 24.3 Å². The number of hydrogen-bond donors (Lipinski definition) is 4. The lowest BCUT2D eigenvalue weighted by atomic mass is 9.78. The van der Waals surface area contributed by atoms with Gasteiger partial charge in [0.05, 0.1) is 6.61 Å². The lowest BCUT2D eigenvalue weighted by Crippen LogP contribution is -2.17. The van der Waals surface area contributed by atoms with Crippen molar-refractivity contribution in [2.24, 2.45) is 0 Å². The molecule has 0 saturated carbocycles. The van der Waals surface area contributed by atoms with Crippen LogP contribution < -0.4 is 0 Å². The molecule has 0 amide bonds. The van der Waals surface area contributed by atoms with Crippen LogP contribution in [0.2, 0.25) is 0 Å². The van der Waals surface area contributed by atoms with Crippen LogP contribution in [-0.2, 0) is 17.4 Å². The molecule has 25 heavy (non-hydrogen) atoms. The molecule has 2 aromatic rings. The molecule has 0 bridgehead atoms. The van der Waals surface area contributed by atoms with Crippen LogP contribution in [0.1, 0.15) is 58.2 Å². The van der Waals surface area contributed by atoms with Crippen LogP contribution in [0.3, 0.4) is 0 Å². The van der Waals surface area contributed by atoms with Crippen molar-refractivity contribution in [1.29, 1.82) is 0 Å². The molecule has 4 N–H and O–H groups in total. The molecule has 0 aliphatic rings. The fourth-order valence-electron chi connectivity index (χ4n) is 2.38. The Bertz CT molecular complexity index is 633. The van der Waals surface area contributed by atoms with Crippen molar-refractivity contribution >= 4 is 0 Å². The third-order valence-corrected chi connectivity index (χ3v) is 3.82. The first kappa shape index (κ1) is 20.8. The van der Waals surface area contributed by atoms with Crippen molar-refractivity contribution in [2.75, 3.05) is 0 Å². The topological polar surface area (TPSA) is 80.9 Å². The minimum Gasteiger partial charge on any atom is -0.508 e. The molecular weight excluding hydrogens is 316 g/mol.